The molecule has 0 saturated heterocycles. The Morgan fingerprint density at radius 2 is 2.00 bits per heavy atom. The fraction of sp³-hybridized carbons (Fsp3) is 0.154. The molecule has 4 nitrogen and oxygen atoms in total. The lowest BCUT2D eigenvalue weighted by molar-refractivity contribution is 0.603. The standard InChI is InChI=1S/C13H12N2O2S3/c1-8-5-6-10-12(9(8)2)14-13(19-10)15-20(16,17)11-4-3-7-18-11/h3-7H,1-2H3,(H,14,15). The van der Waals surface area contributed by atoms with E-state index < -0.39 is 10.0 Å². The molecule has 0 aliphatic rings. The van der Waals surface area contributed by atoms with Crippen molar-refractivity contribution >= 4 is 48.0 Å². The topological polar surface area (TPSA) is 59.1 Å². The fourth-order valence-corrected chi connectivity index (χ4v) is 5.00. The molecule has 20 heavy (non-hydrogen) atoms. The Morgan fingerprint density at radius 3 is 2.70 bits per heavy atom. The van der Waals surface area contributed by atoms with Crippen LogP contribution in [-0.4, -0.2) is 13.4 Å². The lowest BCUT2D eigenvalue weighted by atomic mass is 10.1. The van der Waals surface area contributed by atoms with Gasteiger partial charge in [-0.3, -0.25) is 4.72 Å². The number of sulfonamides is 1. The van der Waals surface area contributed by atoms with Crippen LogP contribution in [0.4, 0.5) is 5.13 Å². The van der Waals surface area contributed by atoms with Crippen molar-refractivity contribution in [2.45, 2.75) is 18.1 Å². The molecule has 0 radical (unpaired) electrons. The number of fused-ring (bicyclic) bond motifs is 1. The predicted molar refractivity (Wildman–Crippen MR) is 84.2 cm³/mol. The number of anilines is 1. The molecule has 3 rings (SSSR count). The van der Waals surface area contributed by atoms with Crippen LogP contribution in [0.5, 0.6) is 0 Å². The summed E-state index contributed by atoms with van der Waals surface area (Å²) in [4.78, 5) is 4.40. The first-order valence-corrected chi connectivity index (χ1v) is 9.08. The average Bonchev–Trinajstić information content (AvgIpc) is 3.02. The van der Waals surface area contributed by atoms with E-state index in [1.165, 1.54) is 22.7 Å². The van der Waals surface area contributed by atoms with Crippen LogP contribution >= 0.6 is 22.7 Å². The van der Waals surface area contributed by atoms with Gasteiger partial charge in [-0.1, -0.05) is 23.5 Å². The van der Waals surface area contributed by atoms with Crippen molar-refractivity contribution < 1.29 is 8.42 Å². The van der Waals surface area contributed by atoms with Gasteiger partial charge in [0.25, 0.3) is 10.0 Å². The molecule has 0 aliphatic carbocycles. The molecule has 0 fully saturated rings. The van der Waals surface area contributed by atoms with E-state index in [-0.39, 0.29) is 0 Å². The number of aromatic nitrogens is 1. The number of rotatable bonds is 3. The Balaban J connectivity index is 2.02. The predicted octanol–water partition coefficient (Wildman–Crippen LogP) is 3.78. The van der Waals surface area contributed by atoms with Crippen molar-refractivity contribution in [1.82, 2.24) is 4.98 Å². The maximum absolute atomic E-state index is 12.2. The first kappa shape index (κ1) is 13.5. The SMILES string of the molecule is Cc1ccc2sc(NS(=O)(=O)c3cccs3)nc2c1C. The van der Waals surface area contributed by atoms with Gasteiger partial charge in [0, 0.05) is 0 Å². The fourth-order valence-electron chi connectivity index (χ4n) is 1.85. The minimum Gasteiger partial charge on any atom is -0.254 e. The lowest BCUT2D eigenvalue weighted by Crippen LogP contribution is -2.10. The molecule has 7 heteroatoms. The van der Waals surface area contributed by atoms with Gasteiger partial charge in [0.05, 0.1) is 10.2 Å². The van der Waals surface area contributed by atoms with Gasteiger partial charge in [0.1, 0.15) is 4.21 Å². The number of nitrogens with one attached hydrogen (secondary N) is 1. The van der Waals surface area contributed by atoms with Gasteiger partial charge in [-0.05, 0) is 42.5 Å². The molecule has 0 spiro atoms. The van der Waals surface area contributed by atoms with E-state index in [0.29, 0.717) is 9.34 Å². The minimum atomic E-state index is -3.52. The molecule has 0 unspecified atom stereocenters. The highest BCUT2D eigenvalue weighted by Gasteiger charge is 2.18. The number of nitrogens with zero attached hydrogens (tertiary/aromatic N) is 1. The van der Waals surface area contributed by atoms with E-state index in [0.717, 1.165) is 21.3 Å². The van der Waals surface area contributed by atoms with Gasteiger partial charge >= 0.3 is 0 Å². The molecular formula is C13H12N2O2S3. The van der Waals surface area contributed by atoms with Gasteiger partial charge in [0.15, 0.2) is 5.13 Å². The lowest BCUT2D eigenvalue weighted by Gasteiger charge is -2.01. The quantitative estimate of drug-likeness (QED) is 0.797. The maximum Gasteiger partial charge on any atom is 0.273 e. The Bertz CT molecular complexity index is 865. The number of benzene rings is 1. The van der Waals surface area contributed by atoms with Crippen LogP contribution in [-0.2, 0) is 10.0 Å². The minimum absolute atomic E-state index is 0.296. The molecule has 2 aromatic heterocycles. The normalized spacial score (nSPS) is 11.9. The zero-order valence-electron chi connectivity index (χ0n) is 10.9. The zero-order valence-corrected chi connectivity index (χ0v) is 13.3. The molecule has 104 valence electrons. The third kappa shape index (κ3) is 2.32. The summed E-state index contributed by atoms with van der Waals surface area (Å²) < 4.78 is 28.1. The van der Waals surface area contributed by atoms with Crippen LogP contribution in [0.15, 0.2) is 33.9 Å². The number of hydrogen-bond acceptors (Lipinski definition) is 5. The van der Waals surface area contributed by atoms with Crippen molar-refractivity contribution in [2.24, 2.45) is 0 Å². The van der Waals surface area contributed by atoms with E-state index >= 15 is 0 Å². The Hall–Kier alpha value is -1.44. The highest BCUT2D eigenvalue weighted by atomic mass is 32.2. The number of thiazole rings is 1. The average molecular weight is 324 g/mol. The van der Waals surface area contributed by atoms with Crippen molar-refractivity contribution in [2.75, 3.05) is 4.72 Å². The van der Waals surface area contributed by atoms with E-state index in [9.17, 15) is 8.42 Å². The molecule has 0 saturated carbocycles. The number of thiophene rings is 1. The third-order valence-corrected chi connectivity index (χ3v) is 6.87. The van der Waals surface area contributed by atoms with Gasteiger partial charge in [0.2, 0.25) is 0 Å². The molecule has 3 aromatic rings. The number of hydrogen-bond donors (Lipinski definition) is 1. The van der Waals surface area contributed by atoms with E-state index in [4.69, 9.17) is 0 Å². The molecule has 1 N–H and O–H groups in total. The first-order valence-electron chi connectivity index (χ1n) is 5.90. The van der Waals surface area contributed by atoms with Gasteiger partial charge in [-0.15, -0.1) is 11.3 Å². The van der Waals surface area contributed by atoms with Crippen LogP contribution in [0.2, 0.25) is 0 Å². The van der Waals surface area contributed by atoms with Crippen molar-refractivity contribution in [3.63, 3.8) is 0 Å². The molecule has 0 atom stereocenters. The monoisotopic (exact) mass is 324 g/mol. The molecule has 0 bridgehead atoms. The van der Waals surface area contributed by atoms with Crippen molar-refractivity contribution in [3.05, 3.63) is 40.8 Å². The van der Waals surface area contributed by atoms with Crippen LogP contribution in [0.1, 0.15) is 11.1 Å². The Labute approximate surface area is 125 Å². The van der Waals surface area contributed by atoms with Crippen LogP contribution in [0.3, 0.4) is 0 Å². The van der Waals surface area contributed by atoms with Gasteiger partial charge in [-0.2, -0.15) is 0 Å². The van der Waals surface area contributed by atoms with E-state index in [1.54, 1.807) is 17.5 Å². The van der Waals surface area contributed by atoms with Crippen molar-refractivity contribution in [1.29, 1.82) is 0 Å². The Kier molecular flexibility index (Phi) is 3.27. The summed E-state index contributed by atoms with van der Waals surface area (Å²) in [6, 6.07) is 7.28. The molecule has 0 aliphatic heterocycles. The zero-order chi connectivity index (χ0) is 14.3. The van der Waals surface area contributed by atoms with Gasteiger partial charge < -0.3 is 0 Å². The summed E-state index contributed by atoms with van der Waals surface area (Å²) in [6.45, 7) is 4.01. The molecular weight excluding hydrogens is 312 g/mol. The number of aryl methyl sites for hydroxylation is 2. The van der Waals surface area contributed by atoms with Gasteiger partial charge in [-0.25, -0.2) is 13.4 Å². The third-order valence-electron chi connectivity index (χ3n) is 3.07. The van der Waals surface area contributed by atoms with E-state index in [2.05, 4.69) is 9.71 Å². The summed E-state index contributed by atoms with van der Waals surface area (Å²) in [7, 11) is -3.52. The van der Waals surface area contributed by atoms with E-state index in [1.807, 2.05) is 26.0 Å². The second-order valence-corrected chi connectivity index (χ2v) is 8.30. The highest BCUT2D eigenvalue weighted by molar-refractivity contribution is 7.94. The first-order chi connectivity index (χ1) is 9.47. The molecule has 2 heterocycles. The van der Waals surface area contributed by atoms with Crippen LogP contribution in [0.25, 0.3) is 10.2 Å². The summed E-state index contributed by atoms with van der Waals surface area (Å²) in [5.74, 6) is 0. The van der Waals surface area contributed by atoms with Crippen molar-refractivity contribution in [3.8, 4) is 0 Å². The largest absolute Gasteiger partial charge is 0.273 e. The maximum atomic E-state index is 12.2. The summed E-state index contributed by atoms with van der Waals surface area (Å²) in [6.07, 6.45) is 0. The molecule has 0 amide bonds. The summed E-state index contributed by atoms with van der Waals surface area (Å²) >= 11 is 2.54. The van der Waals surface area contributed by atoms with Crippen LogP contribution in [0, 0.1) is 13.8 Å². The highest BCUT2D eigenvalue weighted by Crippen LogP contribution is 2.31. The summed E-state index contributed by atoms with van der Waals surface area (Å²) in [5.41, 5.74) is 3.09. The summed E-state index contributed by atoms with van der Waals surface area (Å²) in [5, 5.41) is 2.14. The second kappa shape index (κ2) is 4.83. The smallest absolute Gasteiger partial charge is 0.254 e. The van der Waals surface area contributed by atoms with Crippen LogP contribution < -0.4 is 4.72 Å². The Morgan fingerprint density at radius 1 is 1.20 bits per heavy atom. The second-order valence-electron chi connectivity index (χ2n) is 4.41. The molecule has 1 aromatic carbocycles.